The maximum absolute atomic E-state index is 14.4. The molecule has 2 aromatic rings. The number of hydrogen-bond donors (Lipinski definition) is 1. The lowest BCUT2D eigenvalue weighted by molar-refractivity contribution is -0.0495. The van der Waals surface area contributed by atoms with Gasteiger partial charge in [-0.3, -0.25) is 4.79 Å². The highest BCUT2D eigenvalue weighted by Gasteiger charge is 2.36. The summed E-state index contributed by atoms with van der Waals surface area (Å²) in [6.07, 6.45) is 3.93. The molecule has 2 fully saturated rings. The Morgan fingerprint density at radius 1 is 1.07 bits per heavy atom. The van der Waals surface area contributed by atoms with E-state index in [9.17, 15) is 18.0 Å². The third-order valence-electron chi connectivity index (χ3n) is 6.01. The minimum Gasteiger partial charge on any atom is -0.490 e. The number of aromatic nitrogens is 1. The highest BCUT2D eigenvalue weighted by Crippen LogP contribution is 2.30. The lowest BCUT2D eigenvalue weighted by atomic mass is 10.1. The van der Waals surface area contributed by atoms with Crippen molar-refractivity contribution in [2.75, 3.05) is 39.3 Å². The normalized spacial score (nSPS) is 19.9. The van der Waals surface area contributed by atoms with E-state index in [1.807, 2.05) is 0 Å². The van der Waals surface area contributed by atoms with Crippen molar-refractivity contribution >= 4 is 16.8 Å². The van der Waals surface area contributed by atoms with Crippen molar-refractivity contribution in [3.05, 3.63) is 29.7 Å². The Hall–Kier alpha value is -2.22. The van der Waals surface area contributed by atoms with Gasteiger partial charge in [-0.1, -0.05) is 6.42 Å². The van der Waals surface area contributed by atoms with Gasteiger partial charge in [-0.25, -0.2) is 13.2 Å². The minimum atomic E-state index is -2.71. The van der Waals surface area contributed by atoms with Crippen LogP contribution < -0.4 is 4.74 Å². The molecule has 0 bridgehead atoms. The van der Waals surface area contributed by atoms with E-state index in [2.05, 4.69) is 9.88 Å². The molecule has 1 N–H and O–H groups in total. The van der Waals surface area contributed by atoms with Gasteiger partial charge in [-0.2, -0.15) is 0 Å². The van der Waals surface area contributed by atoms with E-state index in [1.165, 1.54) is 30.2 Å². The molecule has 0 atom stereocenters. The third kappa shape index (κ3) is 4.91. The SMILES string of the molecule is O=C(c1cc2cc(F)c(OCCCN3CCCCC3)cc2[nH]1)N1CCC(F)(F)CC1. The number of nitrogens with zero attached hydrogens (tertiary/aromatic N) is 2. The molecule has 30 heavy (non-hydrogen) atoms. The van der Waals surface area contributed by atoms with Gasteiger partial charge in [-0.05, 0) is 44.5 Å². The summed E-state index contributed by atoms with van der Waals surface area (Å²) in [7, 11) is 0. The second-order valence-electron chi connectivity index (χ2n) is 8.31. The molecule has 0 radical (unpaired) electrons. The Balaban J connectivity index is 1.36. The molecule has 2 aliphatic rings. The van der Waals surface area contributed by atoms with Crippen LogP contribution in [0, 0.1) is 5.82 Å². The van der Waals surface area contributed by atoms with Crippen molar-refractivity contribution < 1.29 is 22.7 Å². The molecule has 164 valence electrons. The van der Waals surface area contributed by atoms with E-state index in [4.69, 9.17) is 4.74 Å². The van der Waals surface area contributed by atoms with Gasteiger partial charge in [0.15, 0.2) is 11.6 Å². The molecule has 0 saturated carbocycles. The molecule has 3 heterocycles. The Morgan fingerprint density at radius 2 is 1.80 bits per heavy atom. The largest absolute Gasteiger partial charge is 0.490 e. The van der Waals surface area contributed by atoms with Crippen molar-refractivity contribution in [2.24, 2.45) is 0 Å². The van der Waals surface area contributed by atoms with Crippen LogP contribution in [0.15, 0.2) is 18.2 Å². The summed E-state index contributed by atoms with van der Waals surface area (Å²) in [6.45, 7) is 3.64. The van der Waals surface area contributed by atoms with Crippen molar-refractivity contribution in [1.29, 1.82) is 0 Å². The fraction of sp³-hybridized carbons (Fsp3) is 0.591. The van der Waals surface area contributed by atoms with Crippen LogP contribution in [-0.2, 0) is 0 Å². The molecule has 5 nitrogen and oxygen atoms in total. The van der Waals surface area contributed by atoms with E-state index < -0.39 is 11.7 Å². The van der Waals surface area contributed by atoms with Gasteiger partial charge in [0, 0.05) is 49.4 Å². The number of rotatable bonds is 6. The predicted molar refractivity (Wildman–Crippen MR) is 109 cm³/mol. The molecule has 8 heteroatoms. The second kappa shape index (κ2) is 8.88. The number of carbonyl (C=O) groups is 1. The first-order chi connectivity index (χ1) is 14.4. The first-order valence-electron chi connectivity index (χ1n) is 10.8. The van der Waals surface area contributed by atoms with Crippen LogP contribution >= 0.6 is 0 Å². The van der Waals surface area contributed by atoms with Crippen LogP contribution in [0.4, 0.5) is 13.2 Å². The number of likely N-dealkylation sites (tertiary alicyclic amines) is 2. The smallest absolute Gasteiger partial charge is 0.270 e. The van der Waals surface area contributed by atoms with E-state index in [0.29, 0.717) is 17.5 Å². The fourth-order valence-electron chi connectivity index (χ4n) is 4.22. The lowest BCUT2D eigenvalue weighted by Crippen LogP contribution is -2.42. The van der Waals surface area contributed by atoms with Gasteiger partial charge < -0.3 is 19.5 Å². The maximum atomic E-state index is 14.4. The molecule has 2 aliphatic heterocycles. The van der Waals surface area contributed by atoms with Crippen LogP contribution in [-0.4, -0.2) is 65.9 Å². The Bertz CT molecular complexity index is 883. The summed E-state index contributed by atoms with van der Waals surface area (Å²) in [5, 5.41) is 0.554. The number of nitrogens with one attached hydrogen (secondary N) is 1. The van der Waals surface area contributed by atoms with Gasteiger partial charge in [0.1, 0.15) is 5.69 Å². The second-order valence-corrected chi connectivity index (χ2v) is 8.31. The summed E-state index contributed by atoms with van der Waals surface area (Å²) in [6, 6.07) is 4.47. The molecule has 4 rings (SSSR count). The quantitative estimate of drug-likeness (QED) is 0.699. The van der Waals surface area contributed by atoms with Gasteiger partial charge in [-0.15, -0.1) is 0 Å². The number of alkyl halides is 2. The summed E-state index contributed by atoms with van der Waals surface area (Å²) in [5.41, 5.74) is 0.866. The number of H-pyrrole nitrogens is 1. The molecule has 0 unspecified atom stereocenters. The van der Waals surface area contributed by atoms with E-state index >= 15 is 0 Å². The van der Waals surface area contributed by atoms with E-state index in [1.54, 1.807) is 12.1 Å². The van der Waals surface area contributed by atoms with Crippen LogP contribution in [0.3, 0.4) is 0 Å². The summed E-state index contributed by atoms with van der Waals surface area (Å²) < 4.78 is 46.7. The highest BCUT2D eigenvalue weighted by atomic mass is 19.3. The first kappa shape index (κ1) is 21.0. The minimum absolute atomic E-state index is 0.0148. The van der Waals surface area contributed by atoms with Gasteiger partial charge in [0.05, 0.1) is 6.61 Å². The Kier molecular flexibility index (Phi) is 6.22. The average Bonchev–Trinajstić information content (AvgIpc) is 3.14. The average molecular weight is 423 g/mol. The molecule has 0 aliphatic carbocycles. The van der Waals surface area contributed by atoms with Crippen molar-refractivity contribution in [1.82, 2.24) is 14.8 Å². The number of halogens is 3. The summed E-state index contributed by atoms with van der Waals surface area (Å²) >= 11 is 0. The lowest BCUT2D eigenvalue weighted by Gasteiger charge is -2.31. The highest BCUT2D eigenvalue weighted by molar-refractivity contribution is 5.98. The molecule has 0 spiro atoms. The number of piperidine rings is 2. The number of aromatic amines is 1. The van der Waals surface area contributed by atoms with Crippen LogP contribution in [0.25, 0.3) is 10.9 Å². The summed E-state index contributed by atoms with van der Waals surface area (Å²) in [4.78, 5) is 19.4. The molecule has 2 saturated heterocycles. The van der Waals surface area contributed by atoms with Crippen molar-refractivity contribution in [3.63, 3.8) is 0 Å². The number of benzene rings is 1. The monoisotopic (exact) mass is 423 g/mol. The maximum Gasteiger partial charge on any atom is 0.270 e. The first-order valence-corrected chi connectivity index (χ1v) is 10.8. The molecular weight excluding hydrogens is 395 g/mol. The molecular formula is C22H28F3N3O2. The zero-order valence-electron chi connectivity index (χ0n) is 17.1. The van der Waals surface area contributed by atoms with Gasteiger partial charge in [0.2, 0.25) is 0 Å². The third-order valence-corrected chi connectivity index (χ3v) is 6.01. The fourth-order valence-corrected chi connectivity index (χ4v) is 4.22. The van der Waals surface area contributed by atoms with E-state index in [-0.39, 0.29) is 43.3 Å². The summed E-state index contributed by atoms with van der Waals surface area (Å²) in [5.74, 6) is -3.37. The zero-order chi connectivity index (χ0) is 21.1. The van der Waals surface area contributed by atoms with Crippen LogP contribution in [0.1, 0.15) is 49.0 Å². The molecule has 1 aromatic heterocycles. The van der Waals surface area contributed by atoms with Gasteiger partial charge >= 0.3 is 0 Å². The molecule has 1 amide bonds. The zero-order valence-corrected chi connectivity index (χ0v) is 17.1. The van der Waals surface area contributed by atoms with Crippen molar-refractivity contribution in [2.45, 2.75) is 44.4 Å². The number of amides is 1. The molecule has 1 aromatic carbocycles. The number of hydrogen-bond acceptors (Lipinski definition) is 3. The number of ether oxygens (including phenoxy) is 1. The van der Waals surface area contributed by atoms with Crippen LogP contribution in [0.2, 0.25) is 0 Å². The topological polar surface area (TPSA) is 48.6 Å². The van der Waals surface area contributed by atoms with Crippen LogP contribution in [0.5, 0.6) is 5.75 Å². The van der Waals surface area contributed by atoms with Crippen molar-refractivity contribution in [3.8, 4) is 5.75 Å². The van der Waals surface area contributed by atoms with E-state index in [0.717, 1.165) is 26.1 Å². The van der Waals surface area contributed by atoms with Gasteiger partial charge in [0.25, 0.3) is 11.8 Å². The Morgan fingerprint density at radius 3 is 2.53 bits per heavy atom. The number of fused-ring (bicyclic) bond motifs is 1. The predicted octanol–water partition coefficient (Wildman–Crippen LogP) is 4.43. The number of carbonyl (C=O) groups excluding carboxylic acids is 1. The Labute approximate surface area is 174 Å². The standard InChI is InChI=1S/C22H28F3N3O2/c23-17-13-16-14-19(21(29)28-10-5-22(24,25)6-11-28)26-18(16)15-20(17)30-12-4-9-27-7-2-1-3-8-27/h13-15,26H,1-12H2.